The Morgan fingerprint density at radius 1 is 1.47 bits per heavy atom. The summed E-state index contributed by atoms with van der Waals surface area (Å²) in [5.41, 5.74) is 0. The first-order chi connectivity index (χ1) is 7.91. The summed E-state index contributed by atoms with van der Waals surface area (Å²) < 4.78 is 0. The minimum atomic E-state index is -0.197. The molecule has 1 aliphatic rings. The van der Waals surface area contributed by atoms with E-state index in [-0.39, 0.29) is 17.9 Å². The number of likely N-dealkylation sites (N-methyl/N-ethyl adjacent to an activating group) is 1. The Bertz CT molecular complexity index is 256. The van der Waals surface area contributed by atoms with Crippen molar-refractivity contribution in [3.05, 3.63) is 0 Å². The largest absolute Gasteiger partial charge is 0.392 e. The second kappa shape index (κ2) is 6.36. The molecule has 1 amide bonds. The molecule has 1 N–H and O–H groups in total. The predicted octanol–water partition coefficient (Wildman–Crippen LogP) is 0.946. The highest BCUT2D eigenvalue weighted by Gasteiger charge is 2.24. The van der Waals surface area contributed by atoms with E-state index in [9.17, 15) is 9.90 Å². The summed E-state index contributed by atoms with van der Waals surface area (Å²) in [7, 11) is 1.86. The molecule has 0 aromatic carbocycles. The molecule has 0 saturated carbocycles. The molecule has 0 aromatic heterocycles. The van der Waals surface area contributed by atoms with Crippen molar-refractivity contribution in [2.45, 2.75) is 45.8 Å². The molecule has 1 fully saturated rings. The van der Waals surface area contributed by atoms with E-state index in [4.69, 9.17) is 0 Å². The van der Waals surface area contributed by atoms with Gasteiger partial charge in [-0.15, -0.1) is 0 Å². The first kappa shape index (κ1) is 14.5. The number of rotatable bonds is 4. The smallest absolute Gasteiger partial charge is 0.224 e. The van der Waals surface area contributed by atoms with Crippen LogP contribution in [0.1, 0.15) is 33.6 Å². The third kappa shape index (κ3) is 4.28. The average Bonchev–Trinajstić information content (AvgIpc) is 2.27. The summed E-state index contributed by atoms with van der Waals surface area (Å²) >= 11 is 0. The van der Waals surface area contributed by atoms with Crippen LogP contribution in [-0.4, -0.2) is 59.6 Å². The average molecular weight is 242 g/mol. The lowest BCUT2D eigenvalue weighted by molar-refractivity contribution is -0.133. The Hall–Kier alpha value is -0.610. The number of likely N-dealkylation sites (tertiary alicyclic amines) is 1. The van der Waals surface area contributed by atoms with Crippen LogP contribution in [0.15, 0.2) is 0 Å². The van der Waals surface area contributed by atoms with E-state index in [2.05, 4.69) is 11.8 Å². The van der Waals surface area contributed by atoms with E-state index in [0.29, 0.717) is 6.04 Å². The van der Waals surface area contributed by atoms with E-state index in [0.717, 1.165) is 32.5 Å². The van der Waals surface area contributed by atoms with Crippen molar-refractivity contribution in [3.8, 4) is 0 Å². The van der Waals surface area contributed by atoms with Crippen LogP contribution in [0, 0.1) is 5.92 Å². The van der Waals surface area contributed by atoms with E-state index >= 15 is 0 Å². The fourth-order valence-corrected chi connectivity index (χ4v) is 2.43. The summed E-state index contributed by atoms with van der Waals surface area (Å²) in [5.74, 6) is 0.244. The molecule has 0 aromatic rings. The van der Waals surface area contributed by atoms with Gasteiger partial charge in [0.05, 0.1) is 6.10 Å². The van der Waals surface area contributed by atoms with Crippen molar-refractivity contribution in [2.75, 3.05) is 26.7 Å². The first-order valence-corrected chi connectivity index (χ1v) is 6.59. The molecule has 4 heteroatoms. The molecule has 4 nitrogen and oxygen atoms in total. The number of hydrogen-bond acceptors (Lipinski definition) is 3. The van der Waals surface area contributed by atoms with Gasteiger partial charge in [-0.25, -0.2) is 0 Å². The van der Waals surface area contributed by atoms with E-state index in [1.165, 1.54) is 0 Å². The van der Waals surface area contributed by atoms with E-state index in [1.807, 2.05) is 20.9 Å². The van der Waals surface area contributed by atoms with Crippen LogP contribution < -0.4 is 0 Å². The lowest BCUT2D eigenvalue weighted by Gasteiger charge is -2.36. The van der Waals surface area contributed by atoms with Crippen molar-refractivity contribution in [3.63, 3.8) is 0 Å². The number of carbonyl (C=O) groups is 1. The molecule has 0 aliphatic carbocycles. The Balaban J connectivity index is 2.42. The lowest BCUT2D eigenvalue weighted by atomic mass is 10.1. The van der Waals surface area contributed by atoms with Gasteiger partial charge in [0.1, 0.15) is 0 Å². The zero-order chi connectivity index (χ0) is 13.0. The maximum Gasteiger partial charge on any atom is 0.224 e. The summed E-state index contributed by atoms with van der Waals surface area (Å²) in [4.78, 5) is 15.9. The van der Waals surface area contributed by atoms with Gasteiger partial charge in [-0.3, -0.25) is 9.69 Å². The van der Waals surface area contributed by atoms with Gasteiger partial charge in [-0.05, 0) is 26.3 Å². The number of β-amino-alcohol motifs (C(OH)–C–C–N with tert-alkyl or cyclic N) is 1. The lowest BCUT2D eigenvalue weighted by Crippen LogP contribution is -2.48. The molecule has 2 unspecified atom stereocenters. The Morgan fingerprint density at radius 3 is 2.65 bits per heavy atom. The highest BCUT2D eigenvalue weighted by molar-refractivity contribution is 5.77. The molecule has 17 heavy (non-hydrogen) atoms. The van der Waals surface area contributed by atoms with Gasteiger partial charge in [-0.2, -0.15) is 0 Å². The monoisotopic (exact) mass is 242 g/mol. The van der Waals surface area contributed by atoms with Crippen molar-refractivity contribution < 1.29 is 9.90 Å². The molecule has 0 radical (unpaired) electrons. The molecule has 1 rings (SSSR count). The van der Waals surface area contributed by atoms with Crippen LogP contribution in [0.3, 0.4) is 0 Å². The van der Waals surface area contributed by atoms with Crippen molar-refractivity contribution >= 4 is 5.91 Å². The second-order valence-electron chi connectivity index (χ2n) is 5.51. The molecule has 0 bridgehead atoms. The number of hydrogen-bond donors (Lipinski definition) is 1. The number of piperidine rings is 1. The third-order valence-electron chi connectivity index (χ3n) is 3.46. The molecule has 1 saturated heterocycles. The zero-order valence-electron chi connectivity index (χ0n) is 11.5. The van der Waals surface area contributed by atoms with Crippen LogP contribution >= 0.6 is 0 Å². The minimum absolute atomic E-state index is 0.0548. The van der Waals surface area contributed by atoms with Crippen LogP contribution in [-0.2, 0) is 4.79 Å². The summed E-state index contributed by atoms with van der Waals surface area (Å²) in [6.07, 6.45) is 1.76. The number of amides is 1. The molecule has 1 aliphatic heterocycles. The van der Waals surface area contributed by atoms with Gasteiger partial charge >= 0.3 is 0 Å². The zero-order valence-corrected chi connectivity index (χ0v) is 11.5. The molecule has 1 heterocycles. The van der Waals surface area contributed by atoms with Gasteiger partial charge < -0.3 is 10.0 Å². The first-order valence-electron chi connectivity index (χ1n) is 6.59. The van der Waals surface area contributed by atoms with Crippen LogP contribution in [0.2, 0.25) is 0 Å². The normalized spacial score (nSPS) is 23.8. The Morgan fingerprint density at radius 2 is 2.12 bits per heavy atom. The maximum atomic E-state index is 11.8. The topological polar surface area (TPSA) is 43.8 Å². The molecule has 0 spiro atoms. The van der Waals surface area contributed by atoms with Gasteiger partial charge in [0.25, 0.3) is 0 Å². The van der Waals surface area contributed by atoms with Crippen molar-refractivity contribution in [1.82, 2.24) is 9.80 Å². The second-order valence-corrected chi connectivity index (χ2v) is 5.51. The summed E-state index contributed by atoms with van der Waals surface area (Å²) in [6, 6.07) is 0.317. The SMILES string of the molecule is CC(C)C(=O)N(C)CC(C)N1CCCC(O)C1. The standard InChI is InChI=1S/C13H26N2O2/c1-10(2)13(17)14(4)8-11(3)15-7-5-6-12(16)9-15/h10-12,16H,5-9H2,1-4H3. The third-order valence-corrected chi connectivity index (χ3v) is 3.46. The quantitative estimate of drug-likeness (QED) is 0.798. The van der Waals surface area contributed by atoms with Gasteiger partial charge in [0, 0.05) is 32.1 Å². The van der Waals surface area contributed by atoms with Crippen molar-refractivity contribution in [2.24, 2.45) is 5.92 Å². The summed E-state index contributed by atoms with van der Waals surface area (Å²) in [5, 5.41) is 9.64. The van der Waals surface area contributed by atoms with Gasteiger partial charge in [0.2, 0.25) is 5.91 Å². The molecular formula is C13H26N2O2. The fourth-order valence-electron chi connectivity index (χ4n) is 2.43. The van der Waals surface area contributed by atoms with Crippen LogP contribution in [0.4, 0.5) is 0 Å². The number of aliphatic hydroxyl groups excluding tert-OH is 1. The Labute approximate surface area is 105 Å². The fraction of sp³-hybridized carbons (Fsp3) is 0.923. The van der Waals surface area contributed by atoms with E-state index in [1.54, 1.807) is 4.90 Å². The highest BCUT2D eigenvalue weighted by Crippen LogP contribution is 2.13. The van der Waals surface area contributed by atoms with Gasteiger partial charge in [0.15, 0.2) is 0 Å². The predicted molar refractivity (Wildman–Crippen MR) is 68.8 cm³/mol. The Kier molecular flexibility index (Phi) is 5.40. The maximum absolute atomic E-state index is 11.8. The summed E-state index contributed by atoms with van der Waals surface area (Å²) in [6.45, 7) is 8.49. The highest BCUT2D eigenvalue weighted by atomic mass is 16.3. The minimum Gasteiger partial charge on any atom is -0.392 e. The van der Waals surface area contributed by atoms with Crippen molar-refractivity contribution in [1.29, 1.82) is 0 Å². The number of aliphatic hydroxyl groups is 1. The van der Waals surface area contributed by atoms with Crippen LogP contribution in [0.25, 0.3) is 0 Å². The van der Waals surface area contributed by atoms with Crippen LogP contribution in [0.5, 0.6) is 0 Å². The molecular weight excluding hydrogens is 216 g/mol. The van der Waals surface area contributed by atoms with E-state index < -0.39 is 0 Å². The van der Waals surface area contributed by atoms with Gasteiger partial charge in [-0.1, -0.05) is 13.8 Å². The number of carbonyl (C=O) groups excluding carboxylic acids is 1. The molecule has 100 valence electrons. The molecule has 2 atom stereocenters. The number of nitrogens with zero attached hydrogens (tertiary/aromatic N) is 2.